The second kappa shape index (κ2) is 5.33. The van der Waals surface area contributed by atoms with Crippen molar-refractivity contribution in [3.63, 3.8) is 0 Å². The van der Waals surface area contributed by atoms with Crippen molar-refractivity contribution in [2.45, 2.75) is 25.0 Å². The number of hydrogen-bond acceptors (Lipinski definition) is 6. The molecule has 7 nitrogen and oxygen atoms in total. The van der Waals surface area contributed by atoms with Crippen LogP contribution in [0, 0.1) is 10.1 Å². The van der Waals surface area contributed by atoms with Crippen LogP contribution < -0.4 is 14.7 Å². The second-order valence-corrected chi connectivity index (χ2v) is 7.31. The van der Waals surface area contributed by atoms with E-state index >= 15 is 0 Å². The number of nitrogens with zero attached hydrogens (tertiary/aromatic N) is 2. The van der Waals surface area contributed by atoms with E-state index < -0.39 is 22.0 Å². The predicted molar refractivity (Wildman–Crippen MR) is 97.7 cm³/mol. The van der Waals surface area contributed by atoms with Crippen molar-refractivity contribution in [3.05, 3.63) is 69.3 Å². The van der Waals surface area contributed by atoms with Crippen molar-refractivity contribution in [1.29, 1.82) is 0 Å². The number of ether oxygens (including phenoxy) is 1. The molecule has 2 aromatic carbocycles. The number of aromatic carboxylic acids is 1. The van der Waals surface area contributed by atoms with E-state index in [0.717, 1.165) is 11.3 Å². The number of carboxylic acid groups (broad SMARTS) is 1. The molecule has 2 aromatic rings. The summed E-state index contributed by atoms with van der Waals surface area (Å²) < 4.78 is 6.38. The number of carbonyl (C=O) groups excluding carboxylic acids is 1. The van der Waals surface area contributed by atoms with Crippen molar-refractivity contribution in [2.75, 3.05) is 11.9 Å². The van der Waals surface area contributed by atoms with Gasteiger partial charge in [0.25, 0.3) is 5.69 Å². The first-order chi connectivity index (χ1) is 12.7. The molecule has 1 atom stereocenters. The van der Waals surface area contributed by atoms with Gasteiger partial charge in [-0.1, -0.05) is 0 Å². The Morgan fingerprint density at radius 2 is 1.93 bits per heavy atom. The lowest BCUT2D eigenvalue weighted by Gasteiger charge is -2.45. The van der Waals surface area contributed by atoms with E-state index in [2.05, 4.69) is 0 Å². The van der Waals surface area contributed by atoms with E-state index in [1.807, 2.05) is 37.9 Å². The highest BCUT2D eigenvalue weighted by Gasteiger charge is 2.58. The summed E-state index contributed by atoms with van der Waals surface area (Å²) in [6.07, 6.45) is 3.70. The quantitative estimate of drug-likeness (QED) is 0.599. The number of benzene rings is 2. The summed E-state index contributed by atoms with van der Waals surface area (Å²) in [5.74, 6) is -0.700. The van der Waals surface area contributed by atoms with Crippen LogP contribution in [-0.2, 0) is 5.41 Å². The molecule has 0 N–H and O–H groups in total. The fourth-order valence-corrected chi connectivity index (χ4v) is 4.04. The van der Waals surface area contributed by atoms with Gasteiger partial charge < -0.3 is 19.5 Å². The topological polar surface area (TPSA) is 95.7 Å². The number of rotatable bonds is 2. The Bertz CT molecular complexity index is 1030. The maximum atomic E-state index is 11.2. The van der Waals surface area contributed by atoms with Gasteiger partial charge in [0.1, 0.15) is 5.75 Å². The molecule has 0 aromatic heterocycles. The summed E-state index contributed by atoms with van der Waals surface area (Å²) in [6, 6.07) is 9.37. The molecule has 0 bridgehead atoms. The average Bonchev–Trinajstić information content (AvgIpc) is 2.79. The van der Waals surface area contributed by atoms with Gasteiger partial charge in [0.05, 0.1) is 16.3 Å². The molecule has 0 saturated carbocycles. The molecule has 27 heavy (non-hydrogen) atoms. The third kappa shape index (κ3) is 2.17. The summed E-state index contributed by atoms with van der Waals surface area (Å²) in [5, 5.41) is 22.3. The van der Waals surface area contributed by atoms with Gasteiger partial charge >= 0.3 is 0 Å². The molecule has 2 aliphatic rings. The average molecular weight is 365 g/mol. The fourth-order valence-electron chi connectivity index (χ4n) is 4.04. The van der Waals surface area contributed by atoms with Crippen LogP contribution in [0.3, 0.4) is 0 Å². The highest BCUT2D eigenvalue weighted by Crippen LogP contribution is 2.54. The first kappa shape index (κ1) is 17.1. The summed E-state index contributed by atoms with van der Waals surface area (Å²) >= 11 is 0. The molecule has 1 spiro atoms. The van der Waals surface area contributed by atoms with Crippen LogP contribution in [0.1, 0.15) is 35.3 Å². The smallest absolute Gasteiger partial charge is 0.269 e. The largest absolute Gasteiger partial charge is 0.545 e. The standard InChI is InChI=1S/C20H18N2O5/c1-19(2)15-11-14(22(25)26)5-6-16(15)21(3)20(19)9-8-12-10-13(18(23)24)4-7-17(12)27-20/h4-11H,1-3H3,(H,23,24)/p-1/t20-/m1/s1. The minimum Gasteiger partial charge on any atom is -0.545 e. The molecule has 2 heterocycles. The molecule has 0 amide bonds. The van der Waals surface area contributed by atoms with Crippen molar-refractivity contribution < 1.29 is 19.6 Å². The predicted octanol–water partition coefficient (Wildman–Crippen LogP) is 2.49. The van der Waals surface area contributed by atoms with Crippen LogP contribution in [-0.4, -0.2) is 23.7 Å². The van der Waals surface area contributed by atoms with Gasteiger partial charge in [0.2, 0.25) is 5.72 Å². The lowest BCUT2D eigenvalue weighted by atomic mass is 9.76. The Kier molecular flexibility index (Phi) is 3.37. The summed E-state index contributed by atoms with van der Waals surface area (Å²) in [7, 11) is 1.88. The molecule has 0 radical (unpaired) electrons. The van der Waals surface area contributed by atoms with E-state index in [1.165, 1.54) is 18.2 Å². The lowest BCUT2D eigenvalue weighted by Crippen LogP contribution is -2.58. The van der Waals surface area contributed by atoms with Gasteiger partial charge in [-0.05, 0) is 61.4 Å². The minimum absolute atomic E-state index is 0.0334. The maximum absolute atomic E-state index is 11.2. The number of nitro benzene ring substituents is 1. The monoisotopic (exact) mass is 365 g/mol. The zero-order chi connectivity index (χ0) is 19.6. The number of carboxylic acids is 1. The molecule has 0 unspecified atom stereocenters. The van der Waals surface area contributed by atoms with E-state index in [9.17, 15) is 20.0 Å². The molecule has 0 fully saturated rings. The van der Waals surface area contributed by atoms with Crippen LogP contribution in [0.2, 0.25) is 0 Å². The molecule has 2 aliphatic heterocycles. The third-order valence-electron chi connectivity index (χ3n) is 5.62. The fraction of sp³-hybridized carbons (Fsp3) is 0.250. The number of hydrogen-bond donors (Lipinski definition) is 0. The number of anilines is 1. The van der Waals surface area contributed by atoms with Crippen molar-refractivity contribution >= 4 is 23.4 Å². The molecular weight excluding hydrogens is 348 g/mol. The molecular formula is C20H17N2O5-. The SMILES string of the molecule is CN1c2ccc([N+](=O)[O-])cc2C(C)(C)[C@]12C=Cc1cc(C(=O)[O-])ccc1O2. The molecule has 138 valence electrons. The van der Waals surface area contributed by atoms with Gasteiger partial charge in [0.15, 0.2) is 0 Å². The Morgan fingerprint density at radius 1 is 1.19 bits per heavy atom. The first-order valence-corrected chi connectivity index (χ1v) is 8.44. The number of non-ortho nitro benzene ring substituents is 1. The summed E-state index contributed by atoms with van der Waals surface area (Å²) in [4.78, 5) is 23.8. The Morgan fingerprint density at radius 3 is 2.59 bits per heavy atom. The molecule has 0 saturated heterocycles. The summed E-state index contributed by atoms with van der Waals surface area (Å²) in [6.45, 7) is 3.95. The van der Waals surface area contributed by atoms with Crippen molar-refractivity contribution in [1.82, 2.24) is 0 Å². The third-order valence-corrected chi connectivity index (χ3v) is 5.62. The Balaban J connectivity index is 1.83. The minimum atomic E-state index is -1.25. The van der Waals surface area contributed by atoms with E-state index in [1.54, 1.807) is 18.2 Å². The van der Waals surface area contributed by atoms with E-state index in [-0.39, 0.29) is 11.3 Å². The number of fused-ring (bicyclic) bond motifs is 2. The normalized spacial score (nSPS) is 21.5. The number of likely N-dealkylation sites (N-methyl/N-ethyl adjacent to an activating group) is 1. The van der Waals surface area contributed by atoms with Gasteiger partial charge in [-0.3, -0.25) is 10.1 Å². The van der Waals surface area contributed by atoms with Gasteiger partial charge in [-0.2, -0.15) is 0 Å². The first-order valence-electron chi connectivity index (χ1n) is 8.44. The second-order valence-electron chi connectivity index (χ2n) is 7.31. The van der Waals surface area contributed by atoms with Crippen LogP contribution in [0.15, 0.2) is 42.5 Å². The van der Waals surface area contributed by atoms with E-state index in [0.29, 0.717) is 11.3 Å². The number of carbonyl (C=O) groups is 1. The van der Waals surface area contributed by atoms with Gasteiger partial charge in [0, 0.05) is 30.4 Å². The van der Waals surface area contributed by atoms with Crippen molar-refractivity contribution in [3.8, 4) is 5.75 Å². The van der Waals surface area contributed by atoms with Crippen LogP contribution in [0.25, 0.3) is 6.08 Å². The van der Waals surface area contributed by atoms with Crippen molar-refractivity contribution in [2.24, 2.45) is 0 Å². The van der Waals surface area contributed by atoms with Crippen LogP contribution >= 0.6 is 0 Å². The Hall–Kier alpha value is -3.35. The summed E-state index contributed by atoms with van der Waals surface area (Å²) in [5.41, 5.74) is 0.948. The Labute approximate surface area is 155 Å². The van der Waals surface area contributed by atoms with Gasteiger partial charge in [-0.25, -0.2) is 0 Å². The van der Waals surface area contributed by atoms with Crippen LogP contribution in [0.5, 0.6) is 5.75 Å². The molecule has 7 heteroatoms. The zero-order valence-electron chi connectivity index (χ0n) is 15.1. The highest BCUT2D eigenvalue weighted by molar-refractivity contribution is 5.87. The highest BCUT2D eigenvalue weighted by atomic mass is 16.6. The maximum Gasteiger partial charge on any atom is 0.269 e. The number of nitro groups is 1. The van der Waals surface area contributed by atoms with Crippen LogP contribution in [0.4, 0.5) is 11.4 Å². The lowest BCUT2D eigenvalue weighted by molar-refractivity contribution is -0.384. The molecule has 4 rings (SSSR count). The van der Waals surface area contributed by atoms with E-state index in [4.69, 9.17) is 4.74 Å². The zero-order valence-corrected chi connectivity index (χ0v) is 15.1. The van der Waals surface area contributed by atoms with Gasteiger partial charge in [-0.15, -0.1) is 0 Å². The molecule has 0 aliphatic carbocycles.